The van der Waals surface area contributed by atoms with E-state index in [2.05, 4.69) is 17.0 Å². The van der Waals surface area contributed by atoms with Gasteiger partial charge in [0.05, 0.1) is 5.69 Å². The van der Waals surface area contributed by atoms with Crippen LogP contribution >= 0.6 is 0 Å². The Bertz CT molecular complexity index is 632. The molecule has 1 fully saturated rings. The summed E-state index contributed by atoms with van der Waals surface area (Å²) in [5.41, 5.74) is 1.59. The highest BCUT2D eigenvalue weighted by atomic mass is 19.1. The van der Waals surface area contributed by atoms with Crippen LogP contribution in [0.25, 0.3) is 11.0 Å². The molecule has 0 spiro atoms. The summed E-state index contributed by atoms with van der Waals surface area (Å²) in [4.78, 5) is 2.58. The summed E-state index contributed by atoms with van der Waals surface area (Å²) >= 11 is 0. The number of aromatic nitrogens is 1. The minimum absolute atomic E-state index is 0.265. The average Bonchev–Trinajstić information content (AvgIpc) is 3.01. The van der Waals surface area contributed by atoms with E-state index in [1.807, 2.05) is 0 Å². The molecule has 0 atom stereocenters. The lowest BCUT2D eigenvalue weighted by Crippen LogP contribution is -2.33. The number of benzene rings is 1. The third-order valence-corrected chi connectivity index (χ3v) is 5.26. The number of rotatable bonds is 8. The second-order valence-electron chi connectivity index (χ2n) is 7.09. The van der Waals surface area contributed by atoms with E-state index in [0.717, 1.165) is 37.0 Å². The minimum atomic E-state index is -0.265. The van der Waals surface area contributed by atoms with Crippen molar-refractivity contribution in [1.29, 1.82) is 0 Å². The van der Waals surface area contributed by atoms with E-state index in [0.29, 0.717) is 11.5 Å². The molecule has 2 aromatic rings. The first kappa shape index (κ1) is 17.4. The van der Waals surface area contributed by atoms with Crippen molar-refractivity contribution in [2.75, 3.05) is 19.6 Å². The molecular formula is C20H29FN2O. The number of halogens is 1. The van der Waals surface area contributed by atoms with Gasteiger partial charge in [-0.2, -0.15) is 0 Å². The molecule has 0 bridgehead atoms. The molecule has 3 rings (SSSR count). The van der Waals surface area contributed by atoms with Crippen LogP contribution in [-0.2, 0) is 0 Å². The number of unbranched alkanes of at least 4 members (excludes halogenated alkanes) is 5. The molecule has 0 unspecified atom stereocenters. The van der Waals surface area contributed by atoms with Crippen molar-refractivity contribution in [2.24, 2.45) is 0 Å². The molecular weight excluding hydrogens is 303 g/mol. The summed E-state index contributed by atoms with van der Waals surface area (Å²) in [7, 11) is 0. The summed E-state index contributed by atoms with van der Waals surface area (Å²) in [6.07, 6.45) is 10.4. The smallest absolute Gasteiger partial charge is 0.170 e. The Labute approximate surface area is 144 Å². The first-order valence-electron chi connectivity index (χ1n) is 9.55. The van der Waals surface area contributed by atoms with E-state index in [-0.39, 0.29) is 5.82 Å². The van der Waals surface area contributed by atoms with E-state index >= 15 is 0 Å². The number of hydrogen-bond acceptors (Lipinski definition) is 3. The first-order chi connectivity index (χ1) is 11.8. The largest absolute Gasteiger partial charge is 0.356 e. The van der Waals surface area contributed by atoms with Crippen LogP contribution in [0.1, 0.15) is 69.9 Å². The molecule has 0 amide bonds. The van der Waals surface area contributed by atoms with E-state index < -0.39 is 0 Å². The van der Waals surface area contributed by atoms with Crippen LogP contribution in [0, 0.1) is 5.82 Å². The van der Waals surface area contributed by atoms with Gasteiger partial charge in [0.15, 0.2) is 5.58 Å². The van der Waals surface area contributed by atoms with Crippen LogP contribution in [0.15, 0.2) is 22.7 Å². The van der Waals surface area contributed by atoms with Gasteiger partial charge in [-0.15, -0.1) is 0 Å². The van der Waals surface area contributed by atoms with Gasteiger partial charge in [-0.3, -0.25) is 0 Å². The molecule has 4 heteroatoms. The molecule has 1 aromatic heterocycles. The number of likely N-dealkylation sites (tertiary alicyclic amines) is 1. The fourth-order valence-electron chi connectivity index (χ4n) is 3.77. The zero-order valence-corrected chi connectivity index (χ0v) is 14.8. The third kappa shape index (κ3) is 4.35. The molecule has 1 aliphatic rings. The van der Waals surface area contributed by atoms with Gasteiger partial charge in [-0.1, -0.05) is 44.2 Å². The quantitative estimate of drug-likeness (QED) is 0.597. The summed E-state index contributed by atoms with van der Waals surface area (Å²) in [5.74, 6) is 0.177. The number of piperidine rings is 1. The maximum Gasteiger partial charge on any atom is 0.170 e. The van der Waals surface area contributed by atoms with Gasteiger partial charge in [0.1, 0.15) is 5.82 Å². The second-order valence-corrected chi connectivity index (χ2v) is 7.09. The number of nitrogens with zero attached hydrogens (tertiary/aromatic N) is 2. The van der Waals surface area contributed by atoms with Gasteiger partial charge < -0.3 is 9.42 Å². The molecule has 1 aliphatic heterocycles. The SMILES string of the molecule is CCCCCCCCN1CCC(c2noc3cc(F)ccc23)CC1. The standard InChI is InChI=1S/C20H29FN2O/c1-2-3-4-5-6-7-12-23-13-10-16(11-14-23)20-18-9-8-17(21)15-19(18)24-22-20/h8-9,15-16H,2-7,10-14H2,1H3. The van der Waals surface area contributed by atoms with Gasteiger partial charge in [0.25, 0.3) is 0 Å². The van der Waals surface area contributed by atoms with Crippen molar-refractivity contribution in [3.05, 3.63) is 29.7 Å². The number of fused-ring (bicyclic) bond motifs is 1. The van der Waals surface area contributed by atoms with Crippen LogP contribution in [-0.4, -0.2) is 29.7 Å². The first-order valence-corrected chi connectivity index (χ1v) is 9.55. The van der Waals surface area contributed by atoms with Crippen molar-refractivity contribution in [1.82, 2.24) is 10.1 Å². The average molecular weight is 332 g/mol. The molecule has 24 heavy (non-hydrogen) atoms. The van der Waals surface area contributed by atoms with Gasteiger partial charge in [-0.05, 0) is 51.0 Å². The molecule has 2 heterocycles. The van der Waals surface area contributed by atoms with E-state index in [1.54, 1.807) is 6.07 Å². The van der Waals surface area contributed by atoms with Crippen molar-refractivity contribution in [3.63, 3.8) is 0 Å². The second kappa shape index (κ2) is 8.61. The maximum atomic E-state index is 13.3. The highest BCUT2D eigenvalue weighted by Gasteiger charge is 2.24. The van der Waals surface area contributed by atoms with Crippen molar-refractivity contribution >= 4 is 11.0 Å². The lowest BCUT2D eigenvalue weighted by Gasteiger charge is -2.31. The Balaban J connectivity index is 1.45. The Kier molecular flexibility index (Phi) is 6.24. The predicted molar refractivity (Wildman–Crippen MR) is 95.8 cm³/mol. The Hall–Kier alpha value is -1.42. The summed E-state index contributed by atoms with van der Waals surface area (Å²) < 4.78 is 18.6. The Morgan fingerprint density at radius 1 is 1.12 bits per heavy atom. The van der Waals surface area contributed by atoms with Crippen LogP contribution in [0.3, 0.4) is 0 Å². The van der Waals surface area contributed by atoms with Crippen LogP contribution in [0.5, 0.6) is 0 Å². The minimum Gasteiger partial charge on any atom is -0.356 e. The lowest BCUT2D eigenvalue weighted by molar-refractivity contribution is 0.205. The van der Waals surface area contributed by atoms with Crippen molar-refractivity contribution in [2.45, 2.75) is 64.2 Å². The van der Waals surface area contributed by atoms with Crippen LogP contribution in [0.4, 0.5) is 4.39 Å². The fourth-order valence-corrected chi connectivity index (χ4v) is 3.77. The zero-order valence-electron chi connectivity index (χ0n) is 14.8. The molecule has 0 radical (unpaired) electrons. The monoisotopic (exact) mass is 332 g/mol. The van der Waals surface area contributed by atoms with E-state index in [1.165, 1.54) is 57.2 Å². The summed E-state index contributed by atoms with van der Waals surface area (Å²) in [6, 6.07) is 4.73. The number of hydrogen-bond donors (Lipinski definition) is 0. The van der Waals surface area contributed by atoms with Crippen molar-refractivity contribution < 1.29 is 8.91 Å². The topological polar surface area (TPSA) is 29.3 Å². The molecule has 132 valence electrons. The fraction of sp³-hybridized carbons (Fsp3) is 0.650. The molecule has 0 N–H and O–H groups in total. The summed E-state index contributed by atoms with van der Waals surface area (Å²) in [5, 5.41) is 5.21. The Morgan fingerprint density at radius 3 is 2.67 bits per heavy atom. The summed E-state index contributed by atoms with van der Waals surface area (Å²) in [6.45, 7) is 5.76. The van der Waals surface area contributed by atoms with Crippen molar-refractivity contribution in [3.8, 4) is 0 Å². The van der Waals surface area contributed by atoms with Crippen LogP contribution < -0.4 is 0 Å². The lowest BCUT2D eigenvalue weighted by atomic mass is 9.91. The van der Waals surface area contributed by atoms with E-state index in [9.17, 15) is 4.39 Å². The van der Waals surface area contributed by atoms with Gasteiger partial charge >= 0.3 is 0 Å². The van der Waals surface area contributed by atoms with Crippen LogP contribution in [0.2, 0.25) is 0 Å². The maximum absolute atomic E-state index is 13.3. The molecule has 3 nitrogen and oxygen atoms in total. The molecule has 1 saturated heterocycles. The molecule has 1 aromatic carbocycles. The third-order valence-electron chi connectivity index (χ3n) is 5.26. The highest BCUT2D eigenvalue weighted by molar-refractivity contribution is 5.79. The molecule has 0 saturated carbocycles. The van der Waals surface area contributed by atoms with Gasteiger partial charge in [0.2, 0.25) is 0 Å². The predicted octanol–water partition coefficient (Wildman–Crippen LogP) is 5.51. The Morgan fingerprint density at radius 2 is 1.88 bits per heavy atom. The molecule has 0 aliphatic carbocycles. The van der Waals surface area contributed by atoms with Gasteiger partial charge in [-0.25, -0.2) is 4.39 Å². The zero-order chi connectivity index (χ0) is 16.8. The normalized spacial score (nSPS) is 16.9. The highest BCUT2D eigenvalue weighted by Crippen LogP contribution is 2.32. The van der Waals surface area contributed by atoms with Gasteiger partial charge in [0, 0.05) is 17.4 Å². The van der Waals surface area contributed by atoms with E-state index in [4.69, 9.17) is 4.52 Å².